The Morgan fingerprint density at radius 3 is 0.730 bits per heavy atom. The van der Waals surface area contributed by atoms with E-state index < -0.39 is 32.3 Å². The Balaban J connectivity index is 0.822. The van der Waals surface area contributed by atoms with Crippen molar-refractivity contribution >= 4 is 130 Å². The van der Waals surface area contributed by atoms with E-state index in [0.29, 0.717) is 0 Å². The zero-order chi connectivity index (χ0) is 82.7. The van der Waals surface area contributed by atoms with Gasteiger partial charge >= 0.3 is 0 Å². The van der Waals surface area contributed by atoms with Crippen molar-refractivity contribution in [2.75, 3.05) is 9.80 Å². The number of benzene rings is 12. The van der Waals surface area contributed by atoms with Crippen molar-refractivity contribution in [3.05, 3.63) is 241 Å². The molecule has 0 amide bonds. The summed E-state index contributed by atoms with van der Waals surface area (Å²) in [7, 11) is -7.79. The van der Waals surface area contributed by atoms with Gasteiger partial charge in [0.05, 0.1) is 43.7 Å². The summed E-state index contributed by atoms with van der Waals surface area (Å²) in [5.41, 5.74) is 23.5. The molecule has 622 valence electrons. The van der Waals surface area contributed by atoms with E-state index in [1.807, 2.05) is 0 Å². The number of rotatable bonds is 17. The van der Waals surface area contributed by atoms with Crippen LogP contribution in [0.1, 0.15) is 176 Å². The number of hydrogen-bond acceptors (Lipinski definition) is 2. The second-order valence-electron chi connectivity index (χ2n) is 48.3. The molecule has 0 aliphatic heterocycles. The first-order valence-electron chi connectivity index (χ1n) is 48.9. The van der Waals surface area contributed by atoms with Crippen LogP contribution in [0, 0.1) is 71.0 Å². The highest BCUT2D eigenvalue weighted by molar-refractivity contribution is 6.92. The third-order valence-corrected chi connectivity index (χ3v) is 43.8. The lowest BCUT2D eigenvalue weighted by molar-refractivity contribution is -0.00856. The van der Waals surface area contributed by atoms with E-state index in [2.05, 4.69) is 307 Å². The van der Waals surface area contributed by atoms with Gasteiger partial charge in [-0.3, -0.25) is 0 Å². The van der Waals surface area contributed by atoms with Crippen LogP contribution in [0.2, 0.25) is 78.6 Å². The fourth-order valence-corrected chi connectivity index (χ4v) is 36.5. The van der Waals surface area contributed by atoms with Crippen LogP contribution in [-0.4, -0.2) is 32.3 Å². The highest BCUT2D eigenvalue weighted by Crippen LogP contribution is 2.68. The maximum Gasteiger partial charge on any atom is 0.0776 e. The average Bonchev–Trinajstić information content (AvgIpc) is 0.690. The number of fused-ring (bicyclic) bond motifs is 4. The lowest BCUT2D eigenvalue weighted by Crippen LogP contribution is -2.50. The van der Waals surface area contributed by atoms with Crippen LogP contribution in [-0.2, 0) is 21.7 Å². The summed E-state index contributed by atoms with van der Waals surface area (Å²) >= 11 is 0. The molecule has 122 heavy (non-hydrogen) atoms. The van der Waals surface area contributed by atoms with Gasteiger partial charge < -0.3 is 9.80 Å². The van der Waals surface area contributed by atoms with Crippen molar-refractivity contribution < 1.29 is 0 Å². The molecule has 16 fully saturated rings. The molecule has 0 aromatic heterocycles. The van der Waals surface area contributed by atoms with E-state index in [1.54, 1.807) is 43.0 Å². The van der Waals surface area contributed by atoms with E-state index in [9.17, 15) is 0 Å². The molecular weight excluding hydrogens is 1530 g/mol. The topological polar surface area (TPSA) is 6.48 Å². The van der Waals surface area contributed by atoms with E-state index >= 15 is 0 Å². The quantitative estimate of drug-likeness (QED) is 0.0662. The Labute approximate surface area is 734 Å². The summed E-state index contributed by atoms with van der Waals surface area (Å²) in [4.78, 5) is 5.95. The molecule has 28 rings (SSSR count). The Hall–Kier alpha value is -7.85. The van der Waals surface area contributed by atoms with Gasteiger partial charge in [0.15, 0.2) is 0 Å². The van der Waals surface area contributed by atoms with Crippen LogP contribution in [0.3, 0.4) is 0 Å². The lowest BCUT2D eigenvalue weighted by atomic mass is 9.46. The minimum absolute atomic E-state index is 0.204. The molecule has 0 saturated heterocycles. The average molecular weight is 1670 g/mol. The predicted octanol–water partition coefficient (Wildman–Crippen LogP) is 30.3. The van der Waals surface area contributed by atoms with Crippen LogP contribution >= 0.6 is 0 Å². The van der Waals surface area contributed by atoms with Gasteiger partial charge in [0.1, 0.15) is 0 Å². The maximum absolute atomic E-state index is 2.98. The molecule has 0 atom stereocenters. The first kappa shape index (κ1) is 77.7. The normalized spacial score (nSPS) is 30.3. The molecule has 12 aromatic rings. The highest BCUT2D eigenvalue weighted by Gasteiger charge is 2.58. The first-order valence-corrected chi connectivity index (χ1v) is 62.9. The van der Waals surface area contributed by atoms with E-state index in [-0.39, 0.29) is 21.7 Å². The largest absolute Gasteiger partial charge is 0.309 e. The molecule has 16 saturated carbocycles. The standard InChI is InChI=1S/C116H132N2Si4/c1-119(2,3)97-55-95(56-98(59-97)120(4,5)6)117(93-51-89(113-61-73-35-74(62-113)37-75(36-73)63-113)49-90(52-93)114-64-76-38-77(65-114)40-78(39-76)66-114)111-104-29-21-20-28-102(104)110(107-47-87(32-34-106(107)111)85-23-15-13-16-24-85)109-101-27-19-22-30-105(101)112(108-48-88(31-33-103(108)109)86-25-17-14-18-26-86)118(96-57-99(121(7,8)9)60-100(58-96)122(10,11)12)94-53-91(115-67-79-41-80(68-115)43-81(42-79)69-115)50-92(54-94)116-70-82-44-83(71-116)46-84(45-82)72-116/h13-34,47-60,73-84H,35-46,61-72H2,1-12H3. The molecule has 0 radical (unpaired) electrons. The number of anilines is 6. The molecule has 6 heteroatoms. The molecule has 16 aliphatic rings. The van der Waals surface area contributed by atoms with Crippen LogP contribution in [0.4, 0.5) is 34.1 Å². The van der Waals surface area contributed by atoms with Gasteiger partial charge in [-0.2, -0.15) is 0 Å². The van der Waals surface area contributed by atoms with Crippen LogP contribution in [0.25, 0.3) is 76.5 Å². The second-order valence-corrected chi connectivity index (χ2v) is 68.6. The second kappa shape index (κ2) is 27.8. The molecule has 2 nitrogen and oxygen atoms in total. The zero-order valence-corrected chi connectivity index (χ0v) is 79.6. The van der Waals surface area contributed by atoms with Crippen molar-refractivity contribution in [1.29, 1.82) is 0 Å². The predicted molar refractivity (Wildman–Crippen MR) is 533 cm³/mol. The van der Waals surface area contributed by atoms with Crippen LogP contribution in [0.15, 0.2) is 218 Å². The van der Waals surface area contributed by atoms with Gasteiger partial charge in [-0.05, 0) is 385 Å². The van der Waals surface area contributed by atoms with Crippen molar-refractivity contribution in [3.8, 4) is 33.4 Å². The van der Waals surface area contributed by atoms with Crippen molar-refractivity contribution in [2.24, 2.45) is 71.0 Å². The smallest absolute Gasteiger partial charge is 0.0776 e. The van der Waals surface area contributed by atoms with Crippen LogP contribution < -0.4 is 30.5 Å². The molecule has 0 heterocycles. The summed E-state index contributed by atoms with van der Waals surface area (Å²) in [5, 5.41) is 16.9. The number of nitrogens with zero attached hydrogens (tertiary/aromatic N) is 2. The lowest BCUT2D eigenvalue weighted by Gasteiger charge is -2.58. The molecule has 16 bridgehead atoms. The SMILES string of the molecule is C[Si](C)(C)c1cc(N(c2cc(C34CC5CC(CC(C5)C3)C4)cc(C34CC5CC(CC(C5)C3)C4)c2)c2c3ccccc3c(-c3c4ccccc4c(N(c4cc(C56CC7CC(CC(C7)C5)C6)cc(C56CC7CC(CC(C7)C5)C6)c4)c4cc([Si](C)(C)C)cc([Si](C)(C)C)c4)c4cc(-c5ccccc5)ccc34)c3cc(-c4ccccc4)ccc23)cc([Si](C)(C)C)c1. The van der Waals surface area contributed by atoms with Crippen LogP contribution in [0.5, 0.6) is 0 Å². The Morgan fingerprint density at radius 2 is 0.434 bits per heavy atom. The first-order chi connectivity index (χ1) is 58.6. The van der Waals surface area contributed by atoms with Gasteiger partial charge in [0.25, 0.3) is 0 Å². The third kappa shape index (κ3) is 12.9. The van der Waals surface area contributed by atoms with Gasteiger partial charge in [-0.1, -0.05) is 257 Å². The summed E-state index contributed by atoms with van der Waals surface area (Å²) in [5.74, 6) is 10.2. The highest BCUT2D eigenvalue weighted by atomic mass is 28.3. The van der Waals surface area contributed by atoms with Gasteiger partial charge in [0, 0.05) is 44.3 Å². The van der Waals surface area contributed by atoms with E-state index in [1.165, 1.54) is 265 Å². The monoisotopic (exact) mass is 1660 g/mol. The molecule has 16 aliphatic carbocycles. The Morgan fingerprint density at radius 1 is 0.205 bits per heavy atom. The minimum Gasteiger partial charge on any atom is -0.309 e. The summed E-state index contributed by atoms with van der Waals surface area (Å²) < 4.78 is 0. The fourth-order valence-electron chi connectivity index (χ4n) is 31.5. The fraction of sp³-hybridized carbons (Fsp3) is 0.448. The molecule has 0 N–H and O–H groups in total. The molecule has 0 spiro atoms. The summed E-state index contributed by atoms with van der Waals surface area (Å²) in [6.45, 7) is 31.4. The zero-order valence-electron chi connectivity index (χ0n) is 75.6. The van der Waals surface area contributed by atoms with Crippen molar-refractivity contribution in [2.45, 2.75) is 254 Å². The van der Waals surface area contributed by atoms with E-state index in [4.69, 9.17) is 0 Å². The minimum atomic E-state index is -1.95. The summed E-state index contributed by atoms with van der Waals surface area (Å²) in [6, 6.07) is 92.5. The Kier molecular flexibility index (Phi) is 17.7. The molecule has 12 aromatic carbocycles. The van der Waals surface area contributed by atoms with E-state index in [0.717, 1.165) is 71.0 Å². The summed E-state index contributed by atoms with van der Waals surface area (Å²) in [6.07, 6.45) is 33.8. The van der Waals surface area contributed by atoms with Crippen molar-refractivity contribution in [3.63, 3.8) is 0 Å². The maximum atomic E-state index is 2.98. The molecular formula is C116H132N2Si4. The number of hydrogen-bond donors (Lipinski definition) is 0. The third-order valence-electron chi connectivity index (χ3n) is 35.7. The molecule has 0 unspecified atom stereocenters. The van der Waals surface area contributed by atoms with Crippen molar-refractivity contribution in [1.82, 2.24) is 0 Å². The van der Waals surface area contributed by atoms with Gasteiger partial charge in [0.2, 0.25) is 0 Å². The van der Waals surface area contributed by atoms with Gasteiger partial charge in [-0.15, -0.1) is 0 Å². The van der Waals surface area contributed by atoms with Gasteiger partial charge in [-0.25, -0.2) is 0 Å². The Bertz CT molecular complexity index is 5920.